The number of halogens is 1. The van der Waals surface area contributed by atoms with Crippen LogP contribution in [0.15, 0.2) is 47.5 Å². The molecule has 7 nitrogen and oxygen atoms in total. The van der Waals surface area contributed by atoms with E-state index in [0.29, 0.717) is 23.6 Å². The van der Waals surface area contributed by atoms with Gasteiger partial charge in [-0.25, -0.2) is 9.37 Å². The highest BCUT2D eigenvalue weighted by Gasteiger charge is 2.27. The van der Waals surface area contributed by atoms with E-state index in [1.165, 1.54) is 29.1 Å². The zero-order valence-corrected chi connectivity index (χ0v) is 18.9. The van der Waals surface area contributed by atoms with E-state index < -0.39 is 11.4 Å². The third-order valence-corrected chi connectivity index (χ3v) is 6.25. The molecule has 174 valence electrons. The van der Waals surface area contributed by atoms with Crippen LogP contribution in [0.1, 0.15) is 31.2 Å². The molecule has 0 bridgehead atoms. The van der Waals surface area contributed by atoms with Crippen molar-refractivity contribution in [3.8, 4) is 11.5 Å². The van der Waals surface area contributed by atoms with Crippen LogP contribution in [-0.2, 0) is 17.8 Å². The highest BCUT2D eigenvalue weighted by molar-refractivity contribution is 5.79. The number of aromatic nitrogens is 2. The topological polar surface area (TPSA) is 73.7 Å². The molecule has 0 aliphatic carbocycles. The van der Waals surface area contributed by atoms with Gasteiger partial charge in [-0.2, -0.15) is 0 Å². The molecule has 1 atom stereocenters. The maximum absolute atomic E-state index is 13.6. The van der Waals surface area contributed by atoms with Gasteiger partial charge in [0, 0.05) is 12.6 Å². The minimum absolute atomic E-state index is 0.0981. The summed E-state index contributed by atoms with van der Waals surface area (Å²) in [5.41, 5.74) is 1.12. The van der Waals surface area contributed by atoms with Crippen LogP contribution in [0.4, 0.5) is 4.39 Å². The lowest BCUT2D eigenvalue weighted by Gasteiger charge is -2.36. The summed E-state index contributed by atoms with van der Waals surface area (Å²) in [5, 5.41) is 0.175. The molecule has 1 aromatic heterocycles. The number of carbonyl (C=O) groups excluding carboxylic acids is 1. The Kier molecular flexibility index (Phi) is 6.91. The summed E-state index contributed by atoms with van der Waals surface area (Å²) in [5.74, 6) is 0.750. The van der Waals surface area contributed by atoms with E-state index >= 15 is 0 Å². The summed E-state index contributed by atoms with van der Waals surface area (Å²) in [6.45, 7) is 0.560. The summed E-state index contributed by atoms with van der Waals surface area (Å²) >= 11 is 0. The van der Waals surface area contributed by atoms with Crippen molar-refractivity contribution >= 4 is 16.8 Å². The number of nitrogens with zero attached hydrogens (tertiary/aromatic N) is 3. The molecule has 1 aliphatic heterocycles. The number of hydrogen-bond donors (Lipinski definition) is 0. The van der Waals surface area contributed by atoms with Gasteiger partial charge in [0.25, 0.3) is 5.56 Å². The van der Waals surface area contributed by atoms with E-state index in [0.717, 1.165) is 37.7 Å². The van der Waals surface area contributed by atoms with Gasteiger partial charge in [-0.05, 0) is 68.0 Å². The number of amides is 1. The predicted octanol–water partition coefficient (Wildman–Crippen LogP) is 3.57. The second-order valence-corrected chi connectivity index (χ2v) is 8.30. The Balaban J connectivity index is 1.47. The van der Waals surface area contributed by atoms with Crippen molar-refractivity contribution in [2.75, 3.05) is 20.8 Å². The maximum Gasteiger partial charge on any atom is 0.261 e. The fourth-order valence-electron chi connectivity index (χ4n) is 4.48. The first kappa shape index (κ1) is 22.8. The fourth-order valence-corrected chi connectivity index (χ4v) is 4.48. The number of rotatable bonds is 7. The van der Waals surface area contributed by atoms with Crippen molar-refractivity contribution in [1.29, 1.82) is 0 Å². The van der Waals surface area contributed by atoms with E-state index in [2.05, 4.69) is 4.98 Å². The van der Waals surface area contributed by atoms with Gasteiger partial charge >= 0.3 is 0 Å². The van der Waals surface area contributed by atoms with Crippen LogP contribution in [0.3, 0.4) is 0 Å². The first-order chi connectivity index (χ1) is 16.0. The summed E-state index contributed by atoms with van der Waals surface area (Å²) in [7, 11) is 3.22. The third kappa shape index (κ3) is 4.99. The van der Waals surface area contributed by atoms with E-state index in [-0.39, 0.29) is 23.9 Å². The quantitative estimate of drug-likeness (QED) is 0.547. The molecule has 2 aromatic carbocycles. The minimum atomic E-state index is -0.503. The molecule has 0 N–H and O–H groups in total. The van der Waals surface area contributed by atoms with Gasteiger partial charge in [0.2, 0.25) is 5.91 Å². The van der Waals surface area contributed by atoms with Gasteiger partial charge in [0.1, 0.15) is 12.4 Å². The lowest BCUT2D eigenvalue weighted by Crippen LogP contribution is -2.46. The first-order valence-corrected chi connectivity index (χ1v) is 11.1. The van der Waals surface area contributed by atoms with E-state index in [1.807, 2.05) is 23.1 Å². The highest BCUT2D eigenvalue weighted by Crippen LogP contribution is 2.29. The molecule has 0 radical (unpaired) electrons. The third-order valence-electron chi connectivity index (χ3n) is 6.25. The lowest BCUT2D eigenvalue weighted by atomic mass is 9.95. The Morgan fingerprint density at radius 1 is 1.12 bits per heavy atom. The molecule has 3 aromatic rings. The van der Waals surface area contributed by atoms with Crippen LogP contribution in [0.5, 0.6) is 11.5 Å². The van der Waals surface area contributed by atoms with Gasteiger partial charge in [-0.3, -0.25) is 14.2 Å². The van der Waals surface area contributed by atoms with Crippen molar-refractivity contribution in [1.82, 2.24) is 14.5 Å². The fraction of sp³-hybridized carbons (Fsp3) is 0.400. The van der Waals surface area contributed by atoms with Crippen LogP contribution in [0, 0.1) is 5.82 Å². The lowest BCUT2D eigenvalue weighted by molar-refractivity contribution is -0.135. The molecular weight excluding hydrogens is 425 g/mol. The average molecular weight is 454 g/mol. The minimum Gasteiger partial charge on any atom is -0.493 e. The van der Waals surface area contributed by atoms with E-state index in [9.17, 15) is 14.0 Å². The van der Waals surface area contributed by atoms with E-state index in [4.69, 9.17) is 9.47 Å². The Hall–Kier alpha value is -3.42. The van der Waals surface area contributed by atoms with Crippen molar-refractivity contribution in [2.45, 2.75) is 44.7 Å². The largest absolute Gasteiger partial charge is 0.493 e. The number of carbonyl (C=O) groups is 1. The summed E-state index contributed by atoms with van der Waals surface area (Å²) in [4.78, 5) is 32.0. The number of aryl methyl sites for hydroxylation is 1. The average Bonchev–Trinajstić information content (AvgIpc) is 2.84. The second-order valence-electron chi connectivity index (χ2n) is 8.30. The molecule has 1 fully saturated rings. The number of benzene rings is 2. The molecule has 2 heterocycles. The number of likely N-dealkylation sites (tertiary alicyclic amines) is 1. The molecular formula is C25H28FN3O4. The summed E-state index contributed by atoms with van der Waals surface area (Å²) in [6.07, 6.45) is 5.91. The van der Waals surface area contributed by atoms with Crippen molar-refractivity contribution in [3.63, 3.8) is 0 Å². The van der Waals surface area contributed by atoms with Crippen LogP contribution in [0.2, 0.25) is 0 Å². The Morgan fingerprint density at radius 3 is 2.73 bits per heavy atom. The van der Waals surface area contributed by atoms with Crippen LogP contribution >= 0.6 is 0 Å². The van der Waals surface area contributed by atoms with Gasteiger partial charge in [-0.15, -0.1) is 0 Å². The normalized spacial score (nSPS) is 16.1. The van der Waals surface area contributed by atoms with Crippen molar-refractivity contribution in [3.05, 3.63) is 64.5 Å². The molecule has 8 heteroatoms. The van der Waals surface area contributed by atoms with Crippen molar-refractivity contribution < 1.29 is 18.7 Å². The Bertz CT molecular complexity index is 1210. The monoisotopic (exact) mass is 453 g/mol. The molecule has 0 unspecified atom stereocenters. The Labute approximate surface area is 191 Å². The molecule has 1 aliphatic rings. The molecule has 0 saturated carbocycles. The molecule has 33 heavy (non-hydrogen) atoms. The number of methoxy groups -OCH3 is 2. The molecule has 1 amide bonds. The molecule has 1 saturated heterocycles. The van der Waals surface area contributed by atoms with Crippen LogP contribution in [0.25, 0.3) is 10.9 Å². The summed E-state index contributed by atoms with van der Waals surface area (Å²) in [6, 6.07) is 9.86. The number of hydrogen-bond acceptors (Lipinski definition) is 5. The number of fused-ring (bicyclic) bond motifs is 1. The maximum atomic E-state index is 13.6. The number of piperidine rings is 1. The first-order valence-electron chi connectivity index (χ1n) is 11.1. The molecule has 0 spiro atoms. The van der Waals surface area contributed by atoms with E-state index in [1.54, 1.807) is 14.2 Å². The van der Waals surface area contributed by atoms with Crippen LogP contribution in [-0.4, -0.2) is 47.2 Å². The van der Waals surface area contributed by atoms with Gasteiger partial charge in [0.05, 0.1) is 31.4 Å². The number of ether oxygens (including phenoxy) is 2. The van der Waals surface area contributed by atoms with Gasteiger partial charge in [-0.1, -0.05) is 6.07 Å². The standard InChI is InChI=1S/C25H28FN3O4/c1-32-22-11-7-17(13-23(22)33-2)6-9-19-5-3-4-12-29(19)24(30)15-28-16-27-21-10-8-18(26)14-20(21)25(28)31/h7-8,10-11,13-14,16,19H,3-6,9,12,15H2,1-2H3/t19-/m1/s1. The van der Waals surface area contributed by atoms with Crippen molar-refractivity contribution in [2.24, 2.45) is 0 Å². The molecule has 4 rings (SSSR count). The summed E-state index contributed by atoms with van der Waals surface area (Å²) < 4.78 is 25.6. The van der Waals surface area contributed by atoms with Gasteiger partial charge < -0.3 is 14.4 Å². The van der Waals surface area contributed by atoms with Gasteiger partial charge in [0.15, 0.2) is 11.5 Å². The zero-order valence-electron chi connectivity index (χ0n) is 18.9. The smallest absolute Gasteiger partial charge is 0.261 e. The second kappa shape index (κ2) is 10.0. The predicted molar refractivity (Wildman–Crippen MR) is 123 cm³/mol. The SMILES string of the molecule is COc1ccc(CC[C@H]2CCCCN2C(=O)Cn2cnc3ccc(F)cc3c2=O)cc1OC. The van der Waals surface area contributed by atoms with Crippen LogP contribution < -0.4 is 15.0 Å². The Morgan fingerprint density at radius 2 is 1.94 bits per heavy atom. The zero-order chi connectivity index (χ0) is 23.4. The highest BCUT2D eigenvalue weighted by atomic mass is 19.1.